The summed E-state index contributed by atoms with van der Waals surface area (Å²) in [5, 5.41) is 28.7. The minimum absolute atomic E-state index is 0.0138. The largest absolute Gasteiger partial charge is 0.444 e. The maximum absolute atomic E-state index is 12.0. The van der Waals surface area contributed by atoms with Gasteiger partial charge in [-0.2, -0.15) is 0 Å². The van der Waals surface area contributed by atoms with Gasteiger partial charge in [-0.15, -0.1) is 0 Å². The molecule has 130 valence electrons. The van der Waals surface area contributed by atoms with Gasteiger partial charge in [0.25, 0.3) is 0 Å². The number of nitrogens with zero attached hydrogens (tertiary/aromatic N) is 2. The Morgan fingerprint density at radius 3 is 2.09 bits per heavy atom. The van der Waals surface area contributed by atoms with Crippen LogP contribution in [-0.2, 0) is 4.74 Å². The molecule has 0 radical (unpaired) electrons. The highest BCUT2D eigenvalue weighted by Crippen LogP contribution is 2.24. The number of aliphatic hydroxyl groups excluding tert-OH is 2. The third kappa shape index (κ3) is 6.48. The zero-order valence-electron chi connectivity index (χ0n) is 13.9. The first-order valence-electron chi connectivity index (χ1n) is 7.83. The Morgan fingerprint density at radius 2 is 1.68 bits per heavy atom. The molecule has 1 amide bonds. The van der Waals surface area contributed by atoms with Crippen LogP contribution in [0.15, 0.2) is 0 Å². The second kappa shape index (κ2) is 8.10. The molecule has 1 fully saturated rings. The number of hydrogen-bond acceptors (Lipinski definition) is 6. The van der Waals surface area contributed by atoms with Gasteiger partial charge in [-0.25, -0.2) is 4.79 Å². The highest BCUT2D eigenvalue weighted by Gasteiger charge is 2.36. The van der Waals surface area contributed by atoms with Gasteiger partial charge in [0.2, 0.25) is 0 Å². The molecule has 0 aromatic carbocycles. The van der Waals surface area contributed by atoms with Gasteiger partial charge in [0.15, 0.2) is 0 Å². The molecular formula is C15H30N2O5. The fourth-order valence-electron chi connectivity index (χ4n) is 2.56. The molecule has 1 saturated heterocycles. The predicted octanol–water partition coefficient (Wildman–Crippen LogP) is 0.0350. The molecule has 0 unspecified atom stereocenters. The standard InChI is InChI=1S/C15H30N2O5/c1-14(2,3)22-13(20)17-6-4-15(21,5-7-17)12-16(8-10-18)9-11-19/h18-19,21H,4-12H2,1-3H3. The van der Waals surface area contributed by atoms with Crippen molar-refractivity contribution >= 4 is 6.09 Å². The summed E-state index contributed by atoms with van der Waals surface area (Å²) in [4.78, 5) is 15.4. The molecule has 0 bridgehead atoms. The van der Waals surface area contributed by atoms with Crippen molar-refractivity contribution in [3.63, 3.8) is 0 Å². The van der Waals surface area contributed by atoms with Crippen LogP contribution in [0.3, 0.4) is 0 Å². The molecule has 7 heteroatoms. The fraction of sp³-hybridized carbons (Fsp3) is 0.933. The number of hydrogen-bond donors (Lipinski definition) is 3. The van der Waals surface area contributed by atoms with Gasteiger partial charge >= 0.3 is 6.09 Å². The van der Waals surface area contributed by atoms with Crippen molar-refractivity contribution in [2.24, 2.45) is 0 Å². The van der Waals surface area contributed by atoms with Gasteiger partial charge in [0.1, 0.15) is 5.60 Å². The Morgan fingerprint density at radius 1 is 1.18 bits per heavy atom. The summed E-state index contributed by atoms with van der Waals surface area (Å²) in [5.74, 6) is 0. The number of rotatable bonds is 6. The lowest BCUT2D eigenvalue weighted by Gasteiger charge is -2.41. The Labute approximate surface area is 132 Å². The first-order chi connectivity index (χ1) is 10.2. The highest BCUT2D eigenvalue weighted by atomic mass is 16.6. The molecule has 0 saturated carbocycles. The zero-order chi connectivity index (χ0) is 16.8. The Balaban J connectivity index is 2.50. The van der Waals surface area contributed by atoms with Crippen LogP contribution >= 0.6 is 0 Å². The summed E-state index contributed by atoms with van der Waals surface area (Å²) < 4.78 is 5.33. The number of likely N-dealkylation sites (tertiary alicyclic amines) is 1. The summed E-state index contributed by atoms with van der Waals surface area (Å²) in [7, 11) is 0. The van der Waals surface area contributed by atoms with E-state index in [4.69, 9.17) is 14.9 Å². The van der Waals surface area contributed by atoms with E-state index in [0.29, 0.717) is 45.6 Å². The van der Waals surface area contributed by atoms with Crippen LogP contribution < -0.4 is 0 Å². The summed E-state index contributed by atoms with van der Waals surface area (Å²) in [6.45, 7) is 7.55. The van der Waals surface area contributed by atoms with E-state index in [1.807, 2.05) is 25.7 Å². The molecule has 1 heterocycles. The molecule has 3 N–H and O–H groups in total. The third-order valence-electron chi connectivity index (χ3n) is 3.70. The molecule has 7 nitrogen and oxygen atoms in total. The van der Waals surface area contributed by atoms with E-state index in [1.165, 1.54) is 0 Å². The van der Waals surface area contributed by atoms with E-state index in [2.05, 4.69) is 0 Å². The van der Waals surface area contributed by atoms with Crippen LogP contribution in [0, 0.1) is 0 Å². The quantitative estimate of drug-likeness (QED) is 0.640. The molecule has 0 aromatic heterocycles. The Kier molecular flexibility index (Phi) is 7.05. The number of amides is 1. The average molecular weight is 318 g/mol. The minimum atomic E-state index is -0.900. The van der Waals surface area contributed by atoms with E-state index < -0.39 is 11.2 Å². The molecule has 1 rings (SSSR count). The number of aliphatic hydroxyl groups is 3. The number of ether oxygens (including phenoxy) is 1. The van der Waals surface area contributed by atoms with Crippen LogP contribution in [0.4, 0.5) is 4.79 Å². The van der Waals surface area contributed by atoms with E-state index in [1.54, 1.807) is 4.90 Å². The van der Waals surface area contributed by atoms with Gasteiger partial charge in [-0.3, -0.25) is 4.90 Å². The first-order valence-corrected chi connectivity index (χ1v) is 7.83. The number of carbonyl (C=O) groups is 1. The lowest BCUT2D eigenvalue weighted by Crippen LogP contribution is -2.53. The normalized spacial score (nSPS) is 18.6. The van der Waals surface area contributed by atoms with Crippen molar-refractivity contribution in [2.45, 2.75) is 44.8 Å². The van der Waals surface area contributed by atoms with Gasteiger partial charge in [0, 0.05) is 32.7 Å². The molecule has 1 aliphatic heterocycles. The highest BCUT2D eigenvalue weighted by molar-refractivity contribution is 5.68. The maximum atomic E-state index is 12.0. The predicted molar refractivity (Wildman–Crippen MR) is 82.6 cm³/mol. The van der Waals surface area contributed by atoms with Gasteiger partial charge in [-0.05, 0) is 33.6 Å². The van der Waals surface area contributed by atoms with Gasteiger partial charge < -0.3 is 25.0 Å². The Hall–Kier alpha value is -0.890. The van der Waals surface area contributed by atoms with Crippen molar-refractivity contribution in [1.82, 2.24) is 9.80 Å². The second-order valence-corrected chi connectivity index (χ2v) is 6.92. The molecule has 1 aliphatic rings. The molecule has 0 aromatic rings. The second-order valence-electron chi connectivity index (χ2n) is 6.92. The van der Waals surface area contributed by atoms with Crippen molar-refractivity contribution in [3.8, 4) is 0 Å². The van der Waals surface area contributed by atoms with Crippen LogP contribution in [0.5, 0.6) is 0 Å². The average Bonchev–Trinajstić information content (AvgIpc) is 2.37. The first kappa shape index (κ1) is 19.2. The monoisotopic (exact) mass is 318 g/mol. The number of carbonyl (C=O) groups excluding carboxylic acids is 1. The molecular weight excluding hydrogens is 288 g/mol. The van der Waals surface area contributed by atoms with Crippen molar-refractivity contribution in [2.75, 3.05) is 45.9 Å². The van der Waals surface area contributed by atoms with Gasteiger partial charge in [0.05, 0.1) is 18.8 Å². The smallest absolute Gasteiger partial charge is 0.410 e. The van der Waals surface area contributed by atoms with Crippen LogP contribution in [0.25, 0.3) is 0 Å². The lowest BCUT2D eigenvalue weighted by atomic mass is 9.91. The van der Waals surface area contributed by atoms with E-state index in [0.717, 1.165) is 0 Å². The fourth-order valence-corrected chi connectivity index (χ4v) is 2.56. The van der Waals surface area contributed by atoms with E-state index >= 15 is 0 Å². The maximum Gasteiger partial charge on any atom is 0.410 e. The van der Waals surface area contributed by atoms with Crippen molar-refractivity contribution in [1.29, 1.82) is 0 Å². The van der Waals surface area contributed by atoms with Crippen molar-refractivity contribution < 1.29 is 24.9 Å². The summed E-state index contributed by atoms with van der Waals surface area (Å²) in [6.07, 6.45) is 0.566. The summed E-state index contributed by atoms with van der Waals surface area (Å²) >= 11 is 0. The molecule has 0 atom stereocenters. The molecule has 0 spiro atoms. The zero-order valence-corrected chi connectivity index (χ0v) is 13.9. The third-order valence-corrected chi connectivity index (χ3v) is 3.70. The number of piperidine rings is 1. The van der Waals surface area contributed by atoms with E-state index in [9.17, 15) is 9.90 Å². The van der Waals surface area contributed by atoms with Crippen LogP contribution in [0.1, 0.15) is 33.6 Å². The van der Waals surface area contributed by atoms with Crippen LogP contribution in [-0.4, -0.2) is 88.4 Å². The topological polar surface area (TPSA) is 93.5 Å². The minimum Gasteiger partial charge on any atom is -0.444 e. The summed E-state index contributed by atoms with van der Waals surface area (Å²) in [6, 6.07) is 0. The van der Waals surface area contributed by atoms with Crippen LogP contribution in [0.2, 0.25) is 0 Å². The SMILES string of the molecule is CC(C)(C)OC(=O)N1CCC(O)(CN(CCO)CCO)CC1. The molecule has 22 heavy (non-hydrogen) atoms. The molecule has 0 aliphatic carbocycles. The summed E-state index contributed by atoms with van der Waals surface area (Å²) in [5.41, 5.74) is -1.42. The lowest BCUT2D eigenvalue weighted by molar-refractivity contribution is -0.0530. The van der Waals surface area contributed by atoms with Gasteiger partial charge in [-0.1, -0.05) is 0 Å². The van der Waals surface area contributed by atoms with E-state index in [-0.39, 0.29) is 19.3 Å². The van der Waals surface area contributed by atoms with Crippen molar-refractivity contribution in [3.05, 3.63) is 0 Å². The Bertz CT molecular complexity index is 342.